The number of nitrogens with zero attached hydrogens (tertiary/aromatic N) is 1. The van der Waals surface area contributed by atoms with E-state index in [0.717, 1.165) is 0 Å². The van der Waals surface area contributed by atoms with Crippen LogP contribution in [0.4, 0.5) is 5.69 Å². The fourth-order valence-corrected chi connectivity index (χ4v) is 1.90. The summed E-state index contributed by atoms with van der Waals surface area (Å²) in [6.07, 6.45) is 0.241. The van der Waals surface area contributed by atoms with Crippen LogP contribution in [-0.4, -0.2) is 22.6 Å². The molecule has 0 spiro atoms. The van der Waals surface area contributed by atoms with Crippen molar-refractivity contribution < 1.29 is 14.7 Å². The molecule has 0 atom stereocenters. The Kier molecular flexibility index (Phi) is 4.61. The van der Waals surface area contributed by atoms with Crippen LogP contribution >= 0.6 is 0 Å². The van der Waals surface area contributed by atoms with E-state index in [9.17, 15) is 9.59 Å². The smallest absolute Gasteiger partial charge is 0.335 e. The lowest BCUT2D eigenvalue weighted by atomic mass is 10.1. The summed E-state index contributed by atoms with van der Waals surface area (Å²) >= 11 is 0. The molecule has 0 bridgehead atoms. The van der Waals surface area contributed by atoms with E-state index in [1.807, 2.05) is 18.2 Å². The highest BCUT2D eigenvalue weighted by Gasteiger charge is 2.07. The van der Waals surface area contributed by atoms with Gasteiger partial charge in [-0.25, -0.2) is 4.79 Å². The van der Waals surface area contributed by atoms with E-state index in [1.54, 1.807) is 31.2 Å². The lowest BCUT2D eigenvalue weighted by Crippen LogP contribution is -2.04. The first kappa shape index (κ1) is 14.7. The van der Waals surface area contributed by atoms with Gasteiger partial charge in [-0.1, -0.05) is 30.3 Å². The summed E-state index contributed by atoms with van der Waals surface area (Å²) in [4.78, 5) is 27.1. The number of aromatic carboxylic acids is 1. The van der Waals surface area contributed by atoms with E-state index in [2.05, 4.69) is 4.99 Å². The maximum Gasteiger partial charge on any atom is 0.335 e. The number of Topliss-reactive ketones (excluding diaryl/α,β-unsaturated/α-hetero) is 1. The molecule has 0 aromatic heterocycles. The highest BCUT2D eigenvalue weighted by molar-refractivity contribution is 6.09. The summed E-state index contributed by atoms with van der Waals surface area (Å²) in [6, 6.07) is 15.3. The van der Waals surface area contributed by atoms with Crippen molar-refractivity contribution in [1.82, 2.24) is 0 Å². The highest BCUT2D eigenvalue weighted by Crippen LogP contribution is 2.15. The quantitative estimate of drug-likeness (QED) is 0.670. The van der Waals surface area contributed by atoms with Gasteiger partial charge in [0.15, 0.2) is 5.78 Å². The van der Waals surface area contributed by atoms with Crippen LogP contribution in [0.2, 0.25) is 0 Å². The highest BCUT2D eigenvalue weighted by atomic mass is 16.4. The lowest BCUT2D eigenvalue weighted by molar-refractivity contribution is 0.0696. The number of rotatable bonds is 5. The molecule has 4 heteroatoms. The number of hydrogen-bond donors (Lipinski definition) is 1. The second-order valence-electron chi connectivity index (χ2n) is 4.67. The Labute approximate surface area is 122 Å². The molecule has 0 aliphatic rings. The van der Waals surface area contributed by atoms with Crippen LogP contribution in [0.15, 0.2) is 59.6 Å². The number of carbonyl (C=O) groups is 2. The van der Waals surface area contributed by atoms with Crippen molar-refractivity contribution in [2.24, 2.45) is 4.99 Å². The van der Waals surface area contributed by atoms with E-state index in [1.165, 1.54) is 12.1 Å². The zero-order valence-corrected chi connectivity index (χ0v) is 11.6. The number of carboxylic acid groups (broad SMARTS) is 1. The van der Waals surface area contributed by atoms with Crippen molar-refractivity contribution in [3.63, 3.8) is 0 Å². The Bertz CT molecular complexity index is 673. The molecular weight excluding hydrogens is 266 g/mol. The number of hydrogen-bond acceptors (Lipinski definition) is 3. The minimum Gasteiger partial charge on any atom is -0.478 e. The summed E-state index contributed by atoms with van der Waals surface area (Å²) in [6.45, 7) is 1.78. The zero-order chi connectivity index (χ0) is 15.2. The standard InChI is InChI=1S/C17H15NO3/c1-12(11-16(19)13-5-3-2-4-6-13)18-15-9-7-14(8-10-15)17(20)21/h2-10H,11H2,1H3,(H,20,21). The molecule has 0 fully saturated rings. The topological polar surface area (TPSA) is 66.7 Å². The van der Waals surface area contributed by atoms with Crippen molar-refractivity contribution in [2.45, 2.75) is 13.3 Å². The largest absolute Gasteiger partial charge is 0.478 e. The third-order valence-electron chi connectivity index (χ3n) is 2.95. The first-order chi connectivity index (χ1) is 10.1. The molecule has 0 radical (unpaired) electrons. The molecule has 2 aromatic rings. The number of benzene rings is 2. The Hall–Kier alpha value is -2.75. The molecule has 4 nitrogen and oxygen atoms in total. The van der Waals surface area contributed by atoms with Crippen molar-refractivity contribution in [3.05, 3.63) is 65.7 Å². The zero-order valence-electron chi connectivity index (χ0n) is 11.6. The second kappa shape index (κ2) is 6.61. The van der Waals surface area contributed by atoms with Crippen LogP contribution < -0.4 is 0 Å². The van der Waals surface area contributed by atoms with Gasteiger partial charge in [-0.15, -0.1) is 0 Å². The number of aliphatic imine (C=N–C) groups is 1. The second-order valence-corrected chi connectivity index (χ2v) is 4.67. The molecule has 0 saturated carbocycles. The Morgan fingerprint density at radius 2 is 1.57 bits per heavy atom. The van der Waals surface area contributed by atoms with E-state index in [4.69, 9.17) is 5.11 Å². The van der Waals surface area contributed by atoms with Gasteiger partial charge in [-0.05, 0) is 31.2 Å². The van der Waals surface area contributed by atoms with Gasteiger partial charge in [0, 0.05) is 17.7 Å². The molecule has 0 saturated heterocycles. The van der Waals surface area contributed by atoms with E-state index in [0.29, 0.717) is 17.0 Å². The molecule has 21 heavy (non-hydrogen) atoms. The van der Waals surface area contributed by atoms with Gasteiger partial charge in [0.2, 0.25) is 0 Å². The molecule has 0 heterocycles. The number of carboxylic acids is 1. The third kappa shape index (κ3) is 4.11. The van der Waals surface area contributed by atoms with Gasteiger partial charge in [0.25, 0.3) is 0 Å². The van der Waals surface area contributed by atoms with Crippen molar-refractivity contribution in [1.29, 1.82) is 0 Å². The Morgan fingerprint density at radius 1 is 0.952 bits per heavy atom. The van der Waals surface area contributed by atoms with Crippen LogP contribution in [0.1, 0.15) is 34.1 Å². The number of carbonyl (C=O) groups excluding carboxylic acids is 1. The first-order valence-corrected chi connectivity index (χ1v) is 6.52. The van der Waals surface area contributed by atoms with Crippen LogP contribution in [-0.2, 0) is 0 Å². The summed E-state index contributed by atoms with van der Waals surface area (Å²) in [5, 5.41) is 8.82. The normalized spacial score (nSPS) is 11.2. The molecule has 0 unspecified atom stereocenters. The van der Waals surface area contributed by atoms with Gasteiger partial charge < -0.3 is 5.11 Å². The lowest BCUT2D eigenvalue weighted by Gasteiger charge is -2.02. The third-order valence-corrected chi connectivity index (χ3v) is 2.95. The predicted molar refractivity (Wildman–Crippen MR) is 81.6 cm³/mol. The van der Waals surface area contributed by atoms with Gasteiger partial charge in [0.05, 0.1) is 11.3 Å². The Balaban J connectivity index is 2.07. The van der Waals surface area contributed by atoms with E-state index >= 15 is 0 Å². The average Bonchev–Trinajstić information content (AvgIpc) is 2.48. The molecule has 2 aromatic carbocycles. The first-order valence-electron chi connectivity index (χ1n) is 6.52. The van der Waals surface area contributed by atoms with Crippen LogP contribution in [0, 0.1) is 0 Å². The fourth-order valence-electron chi connectivity index (χ4n) is 1.90. The van der Waals surface area contributed by atoms with E-state index in [-0.39, 0.29) is 17.8 Å². The molecule has 0 amide bonds. The van der Waals surface area contributed by atoms with Crippen molar-refractivity contribution >= 4 is 23.2 Å². The summed E-state index contributed by atoms with van der Waals surface area (Å²) in [5.41, 5.74) is 2.20. The Morgan fingerprint density at radius 3 is 2.14 bits per heavy atom. The summed E-state index contributed by atoms with van der Waals surface area (Å²) in [5.74, 6) is -0.958. The summed E-state index contributed by atoms with van der Waals surface area (Å²) in [7, 11) is 0. The average molecular weight is 281 g/mol. The van der Waals surface area contributed by atoms with Gasteiger partial charge in [-0.3, -0.25) is 9.79 Å². The molecule has 2 rings (SSSR count). The van der Waals surface area contributed by atoms with Crippen LogP contribution in [0.3, 0.4) is 0 Å². The number of ketones is 1. The van der Waals surface area contributed by atoms with Gasteiger partial charge in [0.1, 0.15) is 0 Å². The van der Waals surface area contributed by atoms with E-state index < -0.39 is 5.97 Å². The maximum absolute atomic E-state index is 12.0. The molecular formula is C17H15NO3. The predicted octanol–water partition coefficient (Wildman–Crippen LogP) is 3.75. The molecule has 1 N–H and O–H groups in total. The molecule has 0 aliphatic carbocycles. The summed E-state index contributed by atoms with van der Waals surface area (Å²) < 4.78 is 0. The molecule has 106 valence electrons. The van der Waals surface area contributed by atoms with Crippen molar-refractivity contribution in [3.8, 4) is 0 Å². The van der Waals surface area contributed by atoms with Crippen LogP contribution in [0.25, 0.3) is 0 Å². The minimum absolute atomic E-state index is 0.0130. The monoisotopic (exact) mass is 281 g/mol. The van der Waals surface area contributed by atoms with Gasteiger partial charge in [-0.2, -0.15) is 0 Å². The minimum atomic E-state index is -0.971. The molecule has 0 aliphatic heterocycles. The maximum atomic E-state index is 12.0. The van der Waals surface area contributed by atoms with Crippen LogP contribution in [0.5, 0.6) is 0 Å². The van der Waals surface area contributed by atoms with Gasteiger partial charge >= 0.3 is 5.97 Å². The fraction of sp³-hybridized carbons (Fsp3) is 0.118. The van der Waals surface area contributed by atoms with Crippen molar-refractivity contribution in [2.75, 3.05) is 0 Å². The SMILES string of the molecule is CC(CC(=O)c1ccccc1)=Nc1ccc(C(=O)O)cc1.